The summed E-state index contributed by atoms with van der Waals surface area (Å²) in [6.07, 6.45) is 0.297. The van der Waals surface area contributed by atoms with Crippen LogP contribution in [0.1, 0.15) is 23.7 Å². The fraction of sp³-hybridized carbons (Fsp3) is 0.263. The van der Waals surface area contributed by atoms with Gasteiger partial charge in [-0.15, -0.1) is 0 Å². The molecule has 1 aliphatic heterocycles. The van der Waals surface area contributed by atoms with Crippen LogP contribution < -0.4 is 9.62 Å². The van der Waals surface area contributed by atoms with Gasteiger partial charge in [0, 0.05) is 30.8 Å². The molecule has 3 rings (SSSR count). The largest absolute Gasteiger partial charge is 0.312 e. The van der Waals surface area contributed by atoms with Crippen LogP contribution in [0.2, 0.25) is 0 Å². The molecule has 26 heavy (non-hydrogen) atoms. The summed E-state index contributed by atoms with van der Waals surface area (Å²) in [6.45, 7) is 2.03. The first kappa shape index (κ1) is 18.3. The molecule has 1 N–H and O–H groups in total. The van der Waals surface area contributed by atoms with E-state index >= 15 is 0 Å². The molecule has 1 unspecified atom stereocenters. The molecule has 1 heterocycles. The Morgan fingerprint density at radius 2 is 1.88 bits per heavy atom. The zero-order valence-electron chi connectivity index (χ0n) is 14.4. The lowest BCUT2D eigenvalue weighted by Gasteiger charge is -2.17. The summed E-state index contributed by atoms with van der Waals surface area (Å²) in [7, 11) is -3.74. The Kier molecular flexibility index (Phi) is 5.20. The van der Waals surface area contributed by atoms with Crippen molar-refractivity contribution in [3.63, 3.8) is 0 Å². The molecule has 0 bridgehead atoms. The number of Topliss-reactive ketones (excluding diaryl/α,β-unsaturated/α-hetero) is 1. The van der Waals surface area contributed by atoms with Gasteiger partial charge in [-0.3, -0.25) is 9.59 Å². The number of nitrogens with zero attached hydrogens (tertiary/aromatic N) is 1. The van der Waals surface area contributed by atoms with Crippen molar-refractivity contribution in [2.45, 2.75) is 18.2 Å². The van der Waals surface area contributed by atoms with Gasteiger partial charge >= 0.3 is 0 Å². The second-order valence-electron chi connectivity index (χ2n) is 6.35. The lowest BCUT2D eigenvalue weighted by Crippen LogP contribution is -2.31. The van der Waals surface area contributed by atoms with Crippen LogP contribution in [-0.4, -0.2) is 33.2 Å². The highest BCUT2D eigenvalue weighted by Crippen LogP contribution is 2.24. The molecule has 1 aliphatic rings. The van der Waals surface area contributed by atoms with Crippen molar-refractivity contribution < 1.29 is 18.0 Å². The van der Waals surface area contributed by atoms with Crippen molar-refractivity contribution in [2.75, 3.05) is 18.0 Å². The van der Waals surface area contributed by atoms with Gasteiger partial charge in [-0.25, -0.2) is 13.1 Å². The minimum absolute atomic E-state index is 0.0148. The zero-order valence-corrected chi connectivity index (χ0v) is 15.2. The van der Waals surface area contributed by atoms with Crippen LogP contribution in [0, 0.1) is 5.92 Å². The van der Waals surface area contributed by atoms with Crippen LogP contribution in [0.15, 0.2) is 59.5 Å². The summed E-state index contributed by atoms with van der Waals surface area (Å²) >= 11 is 0. The average molecular weight is 372 g/mol. The van der Waals surface area contributed by atoms with E-state index in [9.17, 15) is 18.0 Å². The van der Waals surface area contributed by atoms with E-state index in [4.69, 9.17) is 0 Å². The van der Waals surface area contributed by atoms with E-state index in [0.717, 1.165) is 5.69 Å². The number of benzene rings is 2. The summed E-state index contributed by atoms with van der Waals surface area (Å²) in [5.41, 5.74) is 1.16. The molecule has 0 saturated carbocycles. The molecule has 0 aliphatic carbocycles. The maximum atomic E-state index is 12.5. The number of carbonyl (C=O) groups excluding carboxylic acids is 2. The number of sulfonamides is 1. The zero-order chi connectivity index (χ0) is 18.7. The van der Waals surface area contributed by atoms with E-state index in [1.54, 1.807) is 17.0 Å². The van der Waals surface area contributed by atoms with E-state index < -0.39 is 10.0 Å². The first-order valence-electron chi connectivity index (χ1n) is 8.33. The average Bonchev–Trinajstić information content (AvgIpc) is 3.02. The van der Waals surface area contributed by atoms with Gasteiger partial charge in [-0.1, -0.05) is 30.3 Å². The van der Waals surface area contributed by atoms with Crippen molar-refractivity contribution in [2.24, 2.45) is 5.92 Å². The molecule has 7 heteroatoms. The lowest BCUT2D eigenvalue weighted by molar-refractivity contribution is -0.117. The fourth-order valence-electron chi connectivity index (χ4n) is 2.97. The Balaban J connectivity index is 1.66. The molecule has 2 aromatic carbocycles. The third-order valence-corrected chi connectivity index (χ3v) is 5.81. The molecule has 1 saturated heterocycles. The molecule has 1 atom stereocenters. The van der Waals surface area contributed by atoms with Gasteiger partial charge in [0.05, 0.1) is 4.90 Å². The summed E-state index contributed by atoms with van der Waals surface area (Å²) < 4.78 is 27.5. The number of para-hydroxylation sites is 1. The maximum Gasteiger partial charge on any atom is 0.240 e. The predicted molar refractivity (Wildman–Crippen MR) is 98.5 cm³/mol. The molecular formula is C19H20N2O4S. The number of hydrogen-bond donors (Lipinski definition) is 1. The molecule has 136 valence electrons. The number of anilines is 1. The Morgan fingerprint density at radius 3 is 2.58 bits per heavy atom. The van der Waals surface area contributed by atoms with Crippen LogP contribution in [0.4, 0.5) is 5.69 Å². The van der Waals surface area contributed by atoms with E-state index in [1.165, 1.54) is 19.1 Å². The van der Waals surface area contributed by atoms with Gasteiger partial charge in [0.25, 0.3) is 0 Å². The third-order valence-electron chi connectivity index (χ3n) is 4.39. The molecule has 1 fully saturated rings. The van der Waals surface area contributed by atoms with Gasteiger partial charge in [0.1, 0.15) is 0 Å². The fourth-order valence-corrected chi connectivity index (χ4v) is 4.13. The van der Waals surface area contributed by atoms with Crippen molar-refractivity contribution in [1.82, 2.24) is 4.72 Å². The number of rotatable bonds is 6. The Bertz CT molecular complexity index is 926. The molecule has 0 spiro atoms. The number of ketones is 1. The van der Waals surface area contributed by atoms with E-state index in [0.29, 0.717) is 18.5 Å². The van der Waals surface area contributed by atoms with Crippen LogP contribution in [0.25, 0.3) is 0 Å². The molecule has 6 nitrogen and oxygen atoms in total. The van der Waals surface area contributed by atoms with Crippen molar-refractivity contribution in [1.29, 1.82) is 0 Å². The second-order valence-corrected chi connectivity index (χ2v) is 8.11. The van der Waals surface area contributed by atoms with Crippen molar-refractivity contribution in [3.05, 3.63) is 60.2 Å². The summed E-state index contributed by atoms with van der Waals surface area (Å²) in [5.74, 6) is -0.311. The normalized spacial score (nSPS) is 17.5. The van der Waals surface area contributed by atoms with Gasteiger partial charge in [-0.2, -0.15) is 0 Å². The Morgan fingerprint density at radius 1 is 1.15 bits per heavy atom. The van der Waals surface area contributed by atoms with E-state index in [1.807, 2.05) is 30.3 Å². The highest BCUT2D eigenvalue weighted by atomic mass is 32.2. The number of hydrogen-bond acceptors (Lipinski definition) is 4. The molecule has 0 aromatic heterocycles. The minimum Gasteiger partial charge on any atom is -0.312 e. The minimum atomic E-state index is -3.74. The standard InChI is InChI=1S/C19H20N2O4S/c1-14(22)16-6-5-9-18(11-16)26(24,25)20-12-15-10-19(23)21(13-15)17-7-3-2-4-8-17/h2-9,11,15,20H,10,12-13H2,1H3. The van der Waals surface area contributed by atoms with E-state index in [2.05, 4.69) is 4.72 Å². The molecular weight excluding hydrogens is 352 g/mol. The van der Waals surface area contributed by atoms with Crippen molar-refractivity contribution in [3.8, 4) is 0 Å². The number of carbonyl (C=O) groups is 2. The van der Waals surface area contributed by atoms with Crippen molar-refractivity contribution >= 4 is 27.4 Å². The maximum absolute atomic E-state index is 12.5. The topological polar surface area (TPSA) is 83.5 Å². The Labute approximate surface area is 152 Å². The van der Waals surface area contributed by atoms with Crippen LogP contribution in [-0.2, 0) is 14.8 Å². The first-order chi connectivity index (χ1) is 12.4. The Hall–Kier alpha value is -2.51. The predicted octanol–water partition coefficient (Wildman–Crippen LogP) is 2.22. The highest BCUT2D eigenvalue weighted by Gasteiger charge is 2.31. The van der Waals surface area contributed by atoms with Gasteiger partial charge in [0.2, 0.25) is 15.9 Å². The molecule has 0 radical (unpaired) electrons. The smallest absolute Gasteiger partial charge is 0.240 e. The quantitative estimate of drug-likeness (QED) is 0.788. The monoisotopic (exact) mass is 372 g/mol. The number of nitrogens with one attached hydrogen (secondary N) is 1. The second kappa shape index (κ2) is 7.39. The van der Waals surface area contributed by atoms with Gasteiger partial charge < -0.3 is 4.90 Å². The van der Waals surface area contributed by atoms with Gasteiger partial charge in [-0.05, 0) is 37.1 Å². The summed E-state index contributed by atoms with van der Waals surface area (Å²) in [4.78, 5) is 25.4. The van der Waals surface area contributed by atoms with E-state index in [-0.39, 0.29) is 29.0 Å². The van der Waals surface area contributed by atoms with Crippen LogP contribution in [0.3, 0.4) is 0 Å². The third kappa shape index (κ3) is 4.00. The first-order valence-corrected chi connectivity index (χ1v) is 9.81. The van der Waals surface area contributed by atoms with Crippen LogP contribution in [0.5, 0.6) is 0 Å². The lowest BCUT2D eigenvalue weighted by atomic mass is 10.1. The summed E-state index contributed by atoms with van der Waals surface area (Å²) in [5, 5.41) is 0. The van der Waals surface area contributed by atoms with Crippen LogP contribution >= 0.6 is 0 Å². The molecule has 1 amide bonds. The number of amides is 1. The highest BCUT2D eigenvalue weighted by molar-refractivity contribution is 7.89. The molecule has 2 aromatic rings. The van der Waals surface area contributed by atoms with Gasteiger partial charge in [0.15, 0.2) is 5.78 Å². The SMILES string of the molecule is CC(=O)c1cccc(S(=O)(=O)NCC2CC(=O)N(c3ccccc3)C2)c1. The summed E-state index contributed by atoms with van der Waals surface area (Å²) in [6, 6.07) is 15.3.